The number of nitrogens with one attached hydrogen (secondary N) is 2. The van der Waals surface area contributed by atoms with Crippen LogP contribution in [0.1, 0.15) is 36.4 Å². The van der Waals surface area contributed by atoms with Crippen LogP contribution in [0, 0.1) is 11.6 Å². The van der Waals surface area contributed by atoms with E-state index in [2.05, 4.69) is 40.1 Å². The molecule has 0 bridgehead atoms. The van der Waals surface area contributed by atoms with Crippen molar-refractivity contribution in [1.29, 1.82) is 0 Å². The van der Waals surface area contributed by atoms with Gasteiger partial charge in [0, 0.05) is 34.9 Å². The summed E-state index contributed by atoms with van der Waals surface area (Å²) in [6, 6.07) is 5.74. The molecule has 22 heteroatoms. The minimum atomic E-state index is -3.38. The van der Waals surface area contributed by atoms with Crippen LogP contribution in [-0.2, 0) is 35.5 Å². The van der Waals surface area contributed by atoms with Gasteiger partial charge in [0.1, 0.15) is 0 Å². The van der Waals surface area contributed by atoms with Gasteiger partial charge in [0.15, 0.2) is 35.3 Å². The van der Waals surface area contributed by atoms with E-state index >= 15 is 0 Å². The molecule has 4 heterocycles. The average Bonchev–Trinajstić information content (AvgIpc) is 4.00. The first kappa shape index (κ1) is 41.0. The first-order valence-electron chi connectivity index (χ1n) is 17.2. The number of aliphatic hydroxyl groups is 2. The van der Waals surface area contributed by atoms with E-state index in [1.807, 2.05) is 13.8 Å². The summed E-state index contributed by atoms with van der Waals surface area (Å²) in [6.07, 6.45) is 1.52. The van der Waals surface area contributed by atoms with Gasteiger partial charge in [-0.15, -0.1) is 10.2 Å². The van der Waals surface area contributed by atoms with Gasteiger partial charge in [0.2, 0.25) is 11.8 Å². The summed E-state index contributed by atoms with van der Waals surface area (Å²) in [5, 5.41) is 43.6. The molecular weight excluding hydrogens is 786 g/mol. The summed E-state index contributed by atoms with van der Waals surface area (Å²) >= 11 is 0. The van der Waals surface area contributed by atoms with E-state index in [4.69, 9.17) is 9.47 Å². The fourth-order valence-electron chi connectivity index (χ4n) is 5.71. The van der Waals surface area contributed by atoms with Gasteiger partial charge in [-0.1, -0.05) is 26.0 Å². The third-order valence-corrected chi connectivity index (χ3v) is 8.54. The molecule has 6 rings (SSSR count). The van der Waals surface area contributed by atoms with Gasteiger partial charge < -0.3 is 29.2 Å². The topological polar surface area (TPSA) is 205 Å². The maximum absolute atomic E-state index is 14.3. The number of hydrogen-bond acceptors (Lipinski definition) is 12. The van der Waals surface area contributed by atoms with Crippen molar-refractivity contribution in [3.05, 3.63) is 95.3 Å². The molecule has 2 atom stereocenters. The molecule has 4 N–H and O–H groups in total. The molecule has 306 valence electrons. The molecule has 0 saturated carbocycles. The van der Waals surface area contributed by atoms with Crippen LogP contribution in [0.3, 0.4) is 0 Å². The molecule has 0 amide bonds. The molecule has 0 aliphatic rings. The standard InChI is InChI=1S/C36H32F6N8O8/c1-3-25-19(11-43-45-25)13-49-15-21(17-5-7-23(37)27(9-17)55-35(39)40)31(47-49)57-33(53)29(51)30(52)34(54)58-32-22(18-6-8-24(38)28(10-18)56-36(41)42)16-50(48-32)14-20-12-44-46-26(20)4-2/h5-12,15-16,29-30,35-36,51-52H,3-4,13-14H2,1-2H3,(H,43,45)(H,44,46). The van der Waals surface area contributed by atoms with Crippen LogP contribution in [0.5, 0.6) is 23.3 Å². The number of benzene rings is 2. The second kappa shape index (κ2) is 17.6. The molecule has 0 spiro atoms. The number of carbonyl (C=O) groups is 2. The van der Waals surface area contributed by atoms with Crippen LogP contribution in [-0.4, -0.2) is 87.5 Å². The van der Waals surface area contributed by atoms with Gasteiger partial charge in [-0.2, -0.15) is 27.8 Å². The average molecular weight is 819 g/mol. The third-order valence-electron chi connectivity index (χ3n) is 8.54. The third kappa shape index (κ3) is 9.29. The first-order valence-corrected chi connectivity index (χ1v) is 17.2. The fourth-order valence-corrected chi connectivity index (χ4v) is 5.71. The molecule has 2 aromatic carbocycles. The van der Waals surface area contributed by atoms with Crippen molar-refractivity contribution in [2.24, 2.45) is 0 Å². The summed E-state index contributed by atoms with van der Waals surface area (Å²) in [5.41, 5.74) is 2.63. The van der Waals surface area contributed by atoms with Crippen molar-refractivity contribution in [3.8, 4) is 45.5 Å². The summed E-state index contributed by atoms with van der Waals surface area (Å²) in [5.74, 6) is -8.30. The van der Waals surface area contributed by atoms with Crippen molar-refractivity contribution in [3.63, 3.8) is 0 Å². The number of alkyl halides is 4. The zero-order valence-electron chi connectivity index (χ0n) is 30.2. The van der Waals surface area contributed by atoms with Gasteiger partial charge in [-0.3, -0.25) is 19.6 Å². The smallest absolute Gasteiger partial charge is 0.387 e. The first-order chi connectivity index (χ1) is 27.7. The summed E-state index contributed by atoms with van der Waals surface area (Å²) in [6.45, 7) is -2.94. The van der Waals surface area contributed by atoms with Crippen LogP contribution in [0.15, 0.2) is 61.2 Å². The zero-order chi connectivity index (χ0) is 41.7. The number of halogens is 6. The van der Waals surface area contributed by atoms with E-state index in [0.717, 1.165) is 47.8 Å². The van der Waals surface area contributed by atoms with Crippen molar-refractivity contribution in [2.75, 3.05) is 0 Å². The predicted octanol–water partition coefficient (Wildman–Crippen LogP) is 4.80. The van der Waals surface area contributed by atoms with Crippen molar-refractivity contribution < 1.29 is 65.1 Å². The van der Waals surface area contributed by atoms with Crippen LogP contribution in [0.4, 0.5) is 26.3 Å². The highest BCUT2D eigenvalue weighted by Gasteiger charge is 2.36. The molecule has 0 radical (unpaired) electrons. The molecule has 6 aromatic rings. The Balaban J connectivity index is 1.26. The number of aliphatic hydroxyl groups excluding tert-OH is 2. The van der Waals surface area contributed by atoms with Crippen molar-refractivity contribution >= 4 is 11.9 Å². The molecular formula is C36H32F6N8O8. The molecule has 16 nitrogen and oxygen atoms in total. The number of aromatic nitrogens is 8. The number of carbonyl (C=O) groups excluding carboxylic acids is 2. The molecule has 0 saturated heterocycles. The Morgan fingerprint density at radius 2 is 1.09 bits per heavy atom. The number of aromatic amines is 2. The van der Waals surface area contributed by atoms with E-state index in [0.29, 0.717) is 24.0 Å². The lowest BCUT2D eigenvalue weighted by molar-refractivity contribution is -0.162. The lowest BCUT2D eigenvalue weighted by atomic mass is 10.1. The summed E-state index contributed by atoms with van der Waals surface area (Å²) in [7, 11) is 0. The molecule has 0 aliphatic heterocycles. The Bertz CT molecular complexity index is 2230. The number of rotatable bonds is 17. The number of hydrogen-bond donors (Lipinski definition) is 4. The largest absolute Gasteiger partial charge is 0.432 e. The van der Waals surface area contributed by atoms with Crippen molar-refractivity contribution in [2.45, 2.75) is 65.2 Å². The SMILES string of the molecule is CCc1[nH]ncc1Cn1cc(-c2ccc(F)c(OC(F)F)c2)c(OC(=O)C(O)C(O)C(=O)Oc2nn(Cc3cn[nH]c3CC)cc2-c2ccc(F)c(OC(F)F)c2)n1. The number of aryl methyl sites for hydroxylation is 2. The second-order valence-corrected chi connectivity index (χ2v) is 12.3. The highest BCUT2D eigenvalue weighted by Crippen LogP contribution is 2.35. The van der Waals surface area contributed by atoms with Crippen molar-refractivity contribution in [1.82, 2.24) is 40.0 Å². The van der Waals surface area contributed by atoms with E-state index in [1.165, 1.54) is 34.2 Å². The van der Waals surface area contributed by atoms with Crippen LogP contribution < -0.4 is 18.9 Å². The lowest BCUT2D eigenvalue weighted by Gasteiger charge is -2.15. The van der Waals surface area contributed by atoms with E-state index in [-0.39, 0.29) is 35.3 Å². The fraction of sp³-hybridized carbons (Fsp3) is 0.278. The number of H-pyrrole nitrogens is 2. The lowest BCUT2D eigenvalue weighted by Crippen LogP contribution is -2.44. The van der Waals surface area contributed by atoms with Crippen LogP contribution in [0.25, 0.3) is 22.3 Å². The predicted molar refractivity (Wildman–Crippen MR) is 186 cm³/mol. The van der Waals surface area contributed by atoms with Gasteiger partial charge in [-0.05, 0) is 48.2 Å². The normalized spacial score (nSPS) is 12.6. The van der Waals surface area contributed by atoms with E-state index in [1.54, 1.807) is 0 Å². The summed E-state index contributed by atoms with van der Waals surface area (Å²) < 4.78 is 102. The maximum Gasteiger partial charge on any atom is 0.387 e. The molecule has 0 fully saturated rings. The zero-order valence-corrected chi connectivity index (χ0v) is 30.2. The Morgan fingerprint density at radius 1 is 0.690 bits per heavy atom. The molecule has 2 unspecified atom stereocenters. The molecule has 4 aromatic heterocycles. The number of esters is 2. The van der Waals surface area contributed by atoms with Gasteiger partial charge >= 0.3 is 25.2 Å². The van der Waals surface area contributed by atoms with Gasteiger partial charge in [0.05, 0.1) is 36.6 Å². The quantitative estimate of drug-likeness (QED) is 0.0725. The summed E-state index contributed by atoms with van der Waals surface area (Å²) in [4.78, 5) is 26.5. The molecule has 58 heavy (non-hydrogen) atoms. The molecule has 0 aliphatic carbocycles. The van der Waals surface area contributed by atoms with Crippen LogP contribution >= 0.6 is 0 Å². The number of nitrogens with zero attached hydrogens (tertiary/aromatic N) is 6. The van der Waals surface area contributed by atoms with Gasteiger partial charge in [-0.25, -0.2) is 18.4 Å². The Morgan fingerprint density at radius 3 is 1.45 bits per heavy atom. The van der Waals surface area contributed by atoms with E-state index < -0.39 is 72.3 Å². The minimum Gasteiger partial charge on any atom is -0.432 e. The Hall–Kier alpha value is -6.68. The van der Waals surface area contributed by atoms with Gasteiger partial charge in [0.25, 0.3) is 0 Å². The highest BCUT2D eigenvalue weighted by molar-refractivity contribution is 5.88. The second-order valence-electron chi connectivity index (χ2n) is 12.3. The highest BCUT2D eigenvalue weighted by atomic mass is 19.3. The minimum absolute atomic E-state index is 0.0176. The van der Waals surface area contributed by atoms with E-state index in [9.17, 15) is 46.1 Å². The Kier molecular flexibility index (Phi) is 12.5. The van der Waals surface area contributed by atoms with Crippen LogP contribution in [0.2, 0.25) is 0 Å². The Labute approximate surface area is 322 Å². The number of ether oxygens (including phenoxy) is 4. The monoisotopic (exact) mass is 818 g/mol. The maximum atomic E-state index is 14.3.